The van der Waals surface area contributed by atoms with Gasteiger partial charge in [-0.3, -0.25) is 4.79 Å². The van der Waals surface area contributed by atoms with E-state index in [0.29, 0.717) is 33.7 Å². The smallest absolute Gasteiger partial charge is 0.387 e. The number of halogens is 2. The first kappa shape index (κ1) is 23.8. The van der Waals surface area contributed by atoms with Crippen molar-refractivity contribution in [2.45, 2.75) is 26.6 Å². The summed E-state index contributed by atoms with van der Waals surface area (Å²) in [5, 5.41) is 15.5. The molecule has 0 saturated heterocycles. The van der Waals surface area contributed by atoms with E-state index in [2.05, 4.69) is 20.1 Å². The van der Waals surface area contributed by atoms with E-state index in [4.69, 9.17) is 10.1 Å². The Bertz CT molecular complexity index is 1420. The van der Waals surface area contributed by atoms with Crippen molar-refractivity contribution in [3.63, 3.8) is 0 Å². The summed E-state index contributed by atoms with van der Waals surface area (Å²) in [4.78, 5) is 18.3. The van der Waals surface area contributed by atoms with Crippen molar-refractivity contribution in [1.29, 1.82) is 5.41 Å². The van der Waals surface area contributed by atoms with E-state index in [-0.39, 0.29) is 23.1 Å². The fourth-order valence-electron chi connectivity index (χ4n) is 3.56. The summed E-state index contributed by atoms with van der Waals surface area (Å²) >= 11 is 0. The predicted octanol–water partition coefficient (Wildman–Crippen LogP) is 4.38. The van der Waals surface area contributed by atoms with Gasteiger partial charge in [-0.25, -0.2) is 4.98 Å². The van der Waals surface area contributed by atoms with Gasteiger partial charge in [-0.05, 0) is 55.8 Å². The first-order chi connectivity index (χ1) is 16.8. The van der Waals surface area contributed by atoms with Gasteiger partial charge < -0.3 is 20.2 Å². The largest absolute Gasteiger partial charge is 0.475 e. The molecule has 8 nitrogen and oxygen atoms in total. The maximum absolute atomic E-state index is 13.7. The first-order valence-electron chi connectivity index (χ1n) is 10.8. The second-order valence-electron chi connectivity index (χ2n) is 7.88. The highest BCUT2D eigenvalue weighted by Gasteiger charge is 2.19. The number of alkyl halides is 2. The number of aromatic nitrogens is 3. The summed E-state index contributed by atoms with van der Waals surface area (Å²) in [6.45, 7) is 0.766. The molecular formula is C25H23F2N5O3. The van der Waals surface area contributed by atoms with E-state index in [1.807, 2.05) is 13.8 Å². The van der Waals surface area contributed by atoms with Crippen LogP contribution < -0.4 is 20.3 Å². The standard InChI is InChI=1S/C25H23F2N5O3/c1-14(2)34-21-11-10-20-23(30-21)22(15-4-7-18(8-5-15)35-25(26)27)24(33)32(31-20)17-6-9-19(28)16(12-17)13-29-3/h4-14,25,28-29H,1-3H3/b16-13-,28-19?. The lowest BCUT2D eigenvalue weighted by Gasteiger charge is -2.16. The number of allylic oxidation sites excluding steroid dienone is 5. The van der Waals surface area contributed by atoms with Crippen LogP contribution in [0.25, 0.3) is 27.9 Å². The molecule has 3 aromatic rings. The quantitative estimate of drug-likeness (QED) is 0.522. The van der Waals surface area contributed by atoms with Gasteiger partial charge in [0.25, 0.3) is 5.56 Å². The van der Waals surface area contributed by atoms with Crippen molar-refractivity contribution in [1.82, 2.24) is 20.1 Å². The summed E-state index contributed by atoms with van der Waals surface area (Å²) in [5.41, 5.74) is 2.26. The molecule has 0 spiro atoms. The van der Waals surface area contributed by atoms with E-state index in [1.54, 1.807) is 43.6 Å². The molecule has 0 amide bonds. The van der Waals surface area contributed by atoms with Crippen molar-refractivity contribution >= 4 is 22.4 Å². The van der Waals surface area contributed by atoms with Gasteiger partial charge in [0.1, 0.15) is 16.8 Å². The molecule has 0 unspecified atom stereocenters. The third kappa shape index (κ3) is 5.11. The fourth-order valence-corrected chi connectivity index (χ4v) is 3.56. The number of fused-ring (bicyclic) bond motifs is 1. The Morgan fingerprint density at radius 3 is 2.49 bits per heavy atom. The minimum atomic E-state index is -2.96. The number of hydrogen-bond acceptors (Lipinski definition) is 7. The Morgan fingerprint density at radius 2 is 1.83 bits per heavy atom. The van der Waals surface area contributed by atoms with Crippen molar-refractivity contribution in [3.05, 3.63) is 76.8 Å². The molecule has 0 radical (unpaired) electrons. The Morgan fingerprint density at radius 1 is 1.09 bits per heavy atom. The van der Waals surface area contributed by atoms with Gasteiger partial charge in [-0.1, -0.05) is 12.1 Å². The van der Waals surface area contributed by atoms with Gasteiger partial charge in [0.15, 0.2) is 0 Å². The summed E-state index contributed by atoms with van der Waals surface area (Å²) in [6.07, 6.45) is 6.39. The highest BCUT2D eigenvalue weighted by molar-refractivity contribution is 6.12. The van der Waals surface area contributed by atoms with Gasteiger partial charge in [-0.2, -0.15) is 18.6 Å². The molecule has 0 saturated carbocycles. The van der Waals surface area contributed by atoms with Crippen LogP contribution in [0.5, 0.6) is 11.6 Å². The lowest BCUT2D eigenvalue weighted by atomic mass is 10.0. The molecule has 0 fully saturated rings. The molecule has 1 aromatic carbocycles. The van der Waals surface area contributed by atoms with Crippen LogP contribution in [0.3, 0.4) is 0 Å². The van der Waals surface area contributed by atoms with Crippen LogP contribution in [0, 0.1) is 5.41 Å². The highest BCUT2D eigenvalue weighted by atomic mass is 19.3. The number of nitrogens with zero attached hydrogens (tertiary/aromatic N) is 3. The van der Waals surface area contributed by atoms with E-state index in [1.165, 1.54) is 28.9 Å². The van der Waals surface area contributed by atoms with E-state index in [0.717, 1.165) is 0 Å². The average molecular weight is 479 g/mol. The van der Waals surface area contributed by atoms with Crippen LogP contribution in [-0.4, -0.2) is 40.2 Å². The van der Waals surface area contributed by atoms with Crippen LogP contribution in [0.4, 0.5) is 8.78 Å². The van der Waals surface area contributed by atoms with Crippen molar-refractivity contribution in [3.8, 4) is 22.8 Å². The minimum Gasteiger partial charge on any atom is -0.475 e. The Labute approximate surface area is 199 Å². The molecule has 180 valence electrons. The maximum Gasteiger partial charge on any atom is 0.387 e. The molecular weight excluding hydrogens is 456 g/mol. The Balaban J connectivity index is 1.94. The van der Waals surface area contributed by atoms with Crippen molar-refractivity contribution in [2.75, 3.05) is 7.05 Å². The molecule has 2 N–H and O–H groups in total. The molecule has 1 aliphatic carbocycles. The lowest BCUT2D eigenvalue weighted by molar-refractivity contribution is -0.0498. The number of hydrogen-bond donors (Lipinski definition) is 2. The Hall–Kier alpha value is -4.34. The highest BCUT2D eigenvalue weighted by Crippen LogP contribution is 2.28. The monoisotopic (exact) mass is 479 g/mol. The number of benzene rings is 1. The number of ether oxygens (including phenoxy) is 2. The summed E-state index contributed by atoms with van der Waals surface area (Å²) in [5.74, 6) is 0.298. The van der Waals surface area contributed by atoms with Crippen molar-refractivity contribution in [2.24, 2.45) is 0 Å². The minimum absolute atomic E-state index is 0.0301. The molecule has 10 heteroatoms. The number of pyridine rings is 1. The summed E-state index contributed by atoms with van der Waals surface area (Å²) < 4.78 is 36.6. The van der Waals surface area contributed by atoms with E-state index >= 15 is 0 Å². The third-order valence-corrected chi connectivity index (χ3v) is 5.00. The van der Waals surface area contributed by atoms with Gasteiger partial charge in [0.2, 0.25) is 5.88 Å². The zero-order valence-electron chi connectivity index (χ0n) is 19.3. The molecule has 0 atom stereocenters. The van der Waals surface area contributed by atoms with Crippen LogP contribution in [0.15, 0.2) is 71.2 Å². The van der Waals surface area contributed by atoms with Gasteiger partial charge in [0, 0.05) is 24.9 Å². The second-order valence-corrected chi connectivity index (χ2v) is 7.88. The lowest BCUT2D eigenvalue weighted by Crippen LogP contribution is -2.25. The zero-order valence-corrected chi connectivity index (χ0v) is 19.3. The van der Waals surface area contributed by atoms with Crippen LogP contribution in [0.1, 0.15) is 13.8 Å². The maximum atomic E-state index is 13.7. The zero-order chi connectivity index (χ0) is 25.1. The molecule has 4 rings (SSSR count). The SMILES string of the molecule is CN/C=C1/C=C(n2nc3ccc(OC(C)C)nc3c(-c3ccc(OC(F)F)cc3)c2=O)C=CC1=N. The summed E-state index contributed by atoms with van der Waals surface area (Å²) in [6, 6.07) is 9.13. The normalized spacial score (nSPS) is 14.7. The second kappa shape index (κ2) is 9.88. The molecule has 2 heterocycles. The third-order valence-electron chi connectivity index (χ3n) is 5.00. The molecule has 2 aromatic heterocycles. The molecule has 0 bridgehead atoms. The van der Waals surface area contributed by atoms with Crippen LogP contribution in [0.2, 0.25) is 0 Å². The van der Waals surface area contributed by atoms with Crippen molar-refractivity contribution < 1.29 is 18.3 Å². The topological polar surface area (TPSA) is 102 Å². The first-order valence-corrected chi connectivity index (χ1v) is 10.8. The average Bonchev–Trinajstić information content (AvgIpc) is 2.80. The molecule has 35 heavy (non-hydrogen) atoms. The molecule has 0 aliphatic heterocycles. The van der Waals surface area contributed by atoms with Gasteiger partial charge >= 0.3 is 6.61 Å². The number of rotatable bonds is 7. The van der Waals surface area contributed by atoms with Gasteiger partial charge in [-0.15, -0.1) is 0 Å². The van der Waals surface area contributed by atoms with E-state index in [9.17, 15) is 13.6 Å². The Kier molecular flexibility index (Phi) is 6.72. The fraction of sp³-hybridized carbons (Fsp3) is 0.200. The number of nitrogens with one attached hydrogen (secondary N) is 2. The van der Waals surface area contributed by atoms with Gasteiger partial charge in [0.05, 0.1) is 23.1 Å². The predicted molar refractivity (Wildman–Crippen MR) is 130 cm³/mol. The van der Waals surface area contributed by atoms with E-state index < -0.39 is 12.2 Å². The molecule has 1 aliphatic rings. The van der Waals surface area contributed by atoms with Crippen LogP contribution in [-0.2, 0) is 0 Å². The van der Waals surface area contributed by atoms with Crippen LogP contribution >= 0.6 is 0 Å². The summed E-state index contributed by atoms with van der Waals surface area (Å²) in [7, 11) is 1.72.